The highest BCUT2D eigenvalue weighted by Crippen LogP contribution is 2.31. The summed E-state index contributed by atoms with van der Waals surface area (Å²) in [4.78, 5) is -0.0181. The van der Waals surface area contributed by atoms with Crippen molar-refractivity contribution < 1.29 is 8.42 Å². The minimum Gasteiger partial charge on any atom is -0.397 e. The summed E-state index contributed by atoms with van der Waals surface area (Å²) in [6.45, 7) is 0. The van der Waals surface area contributed by atoms with E-state index in [1.807, 2.05) is 18.2 Å². The molecule has 0 aliphatic rings. The first kappa shape index (κ1) is 15.3. The van der Waals surface area contributed by atoms with E-state index in [9.17, 15) is 8.42 Å². The van der Waals surface area contributed by atoms with Gasteiger partial charge in [-0.15, -0.1) is 0 Å². The number of primary sulfonamides is 1. The number of nitrogens with two attached hydrogens (primary N) is 2. The van der Waals surface area contributed by atoms with Gasteiger partial charge in [-0.3, -0.25) is 0 Å². The second-order valence-electron chi connectivity index (χ2n) is 4.04. The van der Waals surface area contributed by atoms with Crippen LogP contribution in [0.25, 0.3) is 0 Å². The van der Waals surface area contributed by atoms with Crippen LogP contribution >= 0.6 is 31.9 Å². The van der Waals surface area contributed by atoms with Gasteiger partial charge in [-0.2, -0.15) is 0 Å². The van der Waals surface area contributed by atoms with E-state index in [4.69, 9.17) is 10.9 Å². The minimum atomic E-state index is -3.75. The van der Waals surface area contributed by atoms with Gasteiger partial charge in [0, 0.05) is 8.95 Å². The van der Waals surface area contributed by atoms with E-state index < -0.39 is 10.0 Å². The fourth-order valence-corrected chi connectivity index (χ4v) is 3.26. The lowest BCUT2D eigenvalue weighted by atomic mass is 10.2. The van der Waals surface area contributed by atoms with E-state index in [-0.39, 0.29) is 4.90 Å². The van der Waals surface area contributed by atoms with Crippen molar-refractivity contribution in [2.75, 3.05) is 11.1 Å². The summed E-state index contributed by atoms with van der Waals surface area (Å²) in [6.07, 6.45) is 0. The third-order valence-electron chi connectivity index (χ3n) is 2.55. The Labute approximate surface area is 133 Å². The molecule has 0 bridgehead atoms. The van der Waals surface area contributed by atoms with Gasteiger partial charge in [-0.1, -0.05) is 15.9 Å². The summed E-state index contributed by atoms with van der Waals surface area (Å²) in [7, 11) is -3.75. The van der Waals surface area contributed by atoms with E-state index in [0.717, 1.165) is 14.6 Å². The summed E-state index contributed by atoms with van der Waals surface area (Å²) < 4.78 is 24.3. The molecule has 0 aromatic heterocycles. The molecule has 5 N–H and O–H groups in total. The van der Waals surface area contributed by atoms with E-state index >= 15 is 0 Å². The molecular formula is C12H11Br2N3O2S. The molecule has 2 rings (SSSR count). The van der Waals surface area contributed by atoms with Gasteiger partial charge in [0.15, 0.2) is 0 Å². The number of halogens is 2. The molecule has 5 nitrogen and oxygen atoms in total. The van der Waals surface area contributed by atoms with Gasteiger partial charge >= 0.3 is 0 Å². The summed E-state index contributed by atoms with van der Waals surface area (Å²) in [6, 6.07) is 9.93. The maximum Gasteiger partial charge on any atom is 0.238 e. The summed E-state index contributed by atoms with van der Waals surface area (Å²) in [5, 5.41) is 8.17. The fraction of sp³-hybridized carbons (Fsp3) is 0. The molecule has 20 heavy (non-hydrogen) atoms. The van der Waals surface area contributed by atoms with Crippen molar-refractivity contribution in [1.29, 1.82) is 0 Å². The smallest absolute Gasteiger partial charge is 0.238 e. The zero-order valence-corrected chi connectivity index (χ0v) is 14.1. The van der Waals surface area contributed by atoms with Crippen LogP contribution in [0.1, 0.15) is 0 Å². The molecule has 0 spiro atoms. The lowest BCUT2D eigenvalue weighted by Gasteiger charge is -2.12. The Balaban J connectivity index is 2.35. The van der Waals surface area contributed by atoms with Crippen LogP contribution in [0.15, 0.2) is 50.2 Å². The maximum absolute atomic E-state index is 11.2. The first-order valence-electron chi connectivity index (χ1n) is 5.42. The Kier molecular flexibility index (Phi) is 4.38. The third-order valence-corrected chi connectivity index (χ3v) is 4.61. The molecule has 0 aliphatic carbocycles. The number of nitrogens with one attached hydrogen (secondary N) is 1. The second kappa shape index (κ2) is 5.72. The van der Waals surface area contributed by atoms with Gasteiger partial charge in [0.05, 0.1) is 22.0 Å². The van der Waals surface area contributed by atoms with Crippen molar-refractivity contribution in [1.82, 2.24) is 0 Å². The molecule has 8 heteroatoms. The largest absolute Gasteiger partial charge is 0.397 e. The van der Waals surface area contributed by atoms with Crippen LogP contribution in [0.4, 0.5) is 17.1 Å². The van der Waals surface area contributed by atoms with Crippen molar-refractivity contribution >= 4 is 58.9 Å². The van der Waals surface area contributed by atoms with E-state index in [1.54, 1.807) is 6.07 Å². The van der Waals surface area contributed by atoms with Crippen LogP contribution in [0.5, 0.6) is 0 Å². The van der Waals surface area contributed by atoms with Gasteiger partial charge in [0.25, 0.3) is 0 Å². The quantitative estimate of drug-likeness (QED) is 0.664. The molecule has 0 fully saturated rings. The molecule has 0 amide bonds. The van der Waals surface area contributed by atoms with Gasteiger partial charge in [0.2, 0.25) is 10.0 Å². The highest BCUT2D eigenvalue weighted by Gasteiger charge is 2.10. The molecule has 2 aromatic rings. The van der Waals surface area contributed by atoms with E-state index in [0.29, 0.717) is 11.4 Å². The lowest BCUT2D eigenvalue weighted by molar-refractivity contribution is 0.598. The van der Waals surface area contributed by atoms with E-state index in [2.05, 4.69) is 37.2 Å². The van der Waals surface area contributed by atoms with Crippen molar-refractivity contribution in [2.45, 2.75) is 4.90 Å². The molecule has 0 radical (unpaired) electrons. The van der Waals surface area contributed by atoms with Crippen LogP contribution in [0.2, 0.25) is 0 Å². The van der Waals surface area contributed by atoms with Crippen LogP contribution < -0.4 is 16.2 Å². The number of rotatable bonds is 3. The number of sulfonamides is 1. The number of anilines is 3. The van der Waals surface area contributed by atoms with Gasteiger partial charge in [-0.05, 0) is 52.3 Å². The molecule has 0 unspecified atom stereocenters. The summed E-state index contributed by atoms with van der Waals surface area (Å²) >= 11 is 6.79. The fourth-order valence-electron chi connectivity index (χ4n) is 1.57. The van der Waals surface area contributed by atoms with Gasteiger partial charge in [0.1, 0.15) is 0 Å². The highest BCUT2D eigenvalue weighted by molar-refractivity contribution is 9.11. The number of benzene rings is 2. The zero-order valence-electron chi connectivity index (χ0n) is 10.1. The molecular weight excluding hydrogens is 410 g/mol. The molecule has 0 atom stereocenters. The topological polar surface area (TPSA) is 98.2 Å². The monoisotopic (exact) mass is 419 g/mol. The first-order valence-corrected chi connectivity index (χ1v) is 8.55. The van der Waals surface area contributed by atoms with Crippen molar-refractivity contribution in [3.8, 4) is 0 Å². The molecule has 0 saturated carbocycles. The lowest BCUT2D eigenvalue weighted by Crippen LogP contribution is -2.12. The predicted molar refractivity (Wildman–Crippen MR) is 87.4 cm³/mol. The number of hydrogen-bond acceptors (Lipinski definition) is 4. The minimum absolute atomic E-state index is 0.0181. The SMILES string of the molecule is Nc1cc(S(N)(=O)=O)ccc1Nc1ccc(Br)cc1Br. The van der Waals surface area contributed by atoms with Gasteiger partial charge in [-0.25, -0.2) is 13.6 Å². The van der Waals surface area contributed by atoms with Crippen LogP contribution in [0, 0.1) is 0 Å². The molecule has 0 aliphatic heterocycles. The molecule has 0 heterocycles. The normalized spacial score (nSPS) is 11.3. The second-order valence-corrected chi connectivity index (χ2v) is 7.37. The van der Waals surface area contributed by atoms with Crippen molar-refractivity contribution in [3.05, 3.63) is 45.3 Å². The van der Waals surface area contributed by atoms with Gasteiger partial charge < -0.3 is 11.1 Å². The summed E-state index contributed by atoms with van der Waals surface area (Å²) in [5.74, 6) is 0. The maximum atomic E-state index is 11.2. The molecule has 0 saturated heterocycles. The zero-order chi connectivity index (χ0) is 14.9. The number of nitrogen functional groups attached to an aromatic ring is 1. The van der Waals surface area contributed by atoms with Crippen LogP contribution in [0.3, 0.4) is 0 Å². The Bertz CT molecular complexity index is 763. The predicted octanol–water partition coefficient (Wildman–Crippen LogP) is 3.18. The average Bonchev–Trinajstić information content (AvgIpc) is 2.33. The van der Waals surface area contributed by atoms with Crippen molar-refractivity contribution in [3.63, 3.8) is 0 Å². The Hall–Kier alpha value is -1.09. The average molecular weight is 421 g/mol. The van der Waals surface area contributed by atoms with Crippen LogP contribution in [-0.2, 0) is 10.0 Å². The summed E-state index contributed by atoms with van der Waals surface area (Å²) in [5.41, 5.74) is 7.54. The highest BCUT2D eigenvalue weighted by atomic mass is 79.9. The van der Waals surface area contributed by atoms with Crippen LogP contribution in [-0.4, -0.2) is 8.42 Å². The Morgan fingerprint density at radius 2 is 1.65 bits per heavy atom. The van der Waals surface area contributed by atoms with Crippen molar-refractivity contribution in [2.24, 2.45) is 5.14 Å². The Morgan fingerprint density at radius 1 is 1.00 bits per heavy atom. The first-order chi connectivity index (χ1) is 9.27. The molecule has 2 aromatic carbocycles. The third kappa shape index (κ3) is 3.51. The Morgan fingerprint density at radius 3 is 2.20 bits per heavy atom. The van der Waals surface area contributed by atoms with E-state index in [1.165, 1.54) is 12.1 Å². The number of hydrogen-bond donors (Lipinski definition) is 3. The standard InChI is InChI=1S/C12H11Br2N3O2S/c13-7-1-3-11(9(14)5-7)17-12-4-2-8(6-10(12)15)20(16,18)19/h1-6,17H,15H2,(H2,16,18,19). The molecule has 106 valence electrons.